The Morgan fingerprint density at radius 1 is 1.12 bits per heavy atom. The number of hydrogen-bond acceptors (Lipinski definition) is 9. The molecule has 0 bridgehead atoms. The monoisotopic (exact) mass is 683 g/mol. The Morgan fingerprint density at radius 2 is 1.81 bits per heavy atom. The number of imidazole rings is 1. The summed E-state index contributed by atoms with van der Waals surface area (Å²) in [6.07, 6.45) is 4.54. The van der Waals surface area contributed by atoms with Crippen LogP contribution >= 0.6 is 0 Å². The maximum atomic E-state index is 13.7. The maximum Gasteiger partial charge on any atom is 0.261 e. The number of para-hydroxylation sites is 2. The third-order valence-corrected chi connectivity index (χ3v) is 9.99. The number of hydrogen-bond donors (Lipinski definition) is 4. The van der Waals surface area contributed by atoms with Crippen LogP contribution in [0.25, 0.3) is 0 Å². The molecule has 0 fully saturated rings. The normalized spacial score (nSPS) is 17.2. The van der Waals surface area contributed by atoms with Gasteiger partial charge in [0.25, 0.3) is 15.9 Å². The standard InChI is InChI=1S/C33H45N7O7S/c1-22-17-40(23(2)20-41)33(44)25-16-24(36-30(42)12-6-5-7-13-31(43)37-27-11-9-8-10-26(27)34)14-15-28(25)47-29(22)18-39(4)48(45,46)32-19-38(3)21-35-32/h8-11,14-16,19,21-23,29,41H,5-7,12-13,17-18,20,34H2,1-4H3,(H,36,42)(H,37,43)/t22-,23+,29-/m1/s1. The van der Waals surface area contributed by atoms with Crippen LogP contribution in [0, 0.1) is 5.92 Å². The summed E-state index contributed by atoms with van der Waals surface area (Å²) in [6, 6.07) is 11.3. The SMILES string of the molecule is C[C@@H]1CN([C@@H](C)CO)C(=O)c2cc(NC(=O)CCCCCC(=O)Nc3ccccc3N)ccc2O[C@@H]1CN(C)S(=O)(=O)c1cn(C)cn1. The van der Waals surface area contributed by atoms with Gasteiger partial charge < -0.3 is 35.7 Å². The molecule has 14 nitrogen and oxygen atoms in total. The van der Waals surface area contributed by atoms with Crippen molar-refractivity contribution >= 4 is 44.8 Å². The van der Waals surface area contributed by atoms with Gasteiger partial charge >= 0.3 is 0 Å². The van der Waals surface area contributed by atoms with Crippen LogP contribution in [0.2, 0.25) is 0 Å². The molecule has 2 heterocycles. The van der Waals surface area contributed by atoms with E-state index >= 15 is 0 Å². The molecule has 3 amide bonds. The Morgan fingerprint density at radius 3 is 2.46 bits per heavy atom. The largest absolute Gasteiger partial charge is 0.488 e. The van der Waals surface area contributed by atoms with Crippen molar-refractivity contribution in [3.63, 3.8) is 0 Å². The first-order valence-corrected chi connectivity index (χ1v) is 17.3. The minimum absolute atomic E-state index is 0.0183. The van der Waals surface area contributed by atoms with Crippen LogP contribution in [0.15, 0.2) is 60.0 Å². The van der Waals surface area contributed by atoms with Crippen molar-refractivity contribution in [2.75, 3.05) is 43.1 Å². The summed E-state index contributed by atoms with van der Waals surface area (Å²) < 4.78 is 35.4. The molecule has 48 heavy (non-hydrogen) atoms. The highest BCUT2D eigenvalue weighted by molar-refractivity contribution is 7.89. The molecule has 1 aliphatic rings. The van der Waals surface area contributed by atoms with Crippen LogP contribution in [-0.2, 0) is 26.7 Å². The molecule has 5 N–H and O–H groups in total. The number of aromatic nitrogens is 2. The second-order valence-electron chi connectivity index (χ2n) is 12.2. The van der Waals surface area contributed by atoms with Gasteiger partial charge in [-0.1, -0.05) is 25.5 Å². The summed E-state index contributed by atoms with van der Waals surface area (Å²) in [5.74, 6) is -0.835. The number of ether oxygens (including phenoxy) is 1. The number of aryl methyl sites for hydroxylation is 1. The van der Waals surface area contributed by atoms with E-state index in [1.54, 1.807) is 59.8 Å². The molecule has 1 aromatic heterocycles. The number of nitrogens with two attached hydrogens (primary N) is 1. The van der Waals surface area contributed by atoms with Crippen LogP contribution in [-0.4, -0.2) is 88.9 Å². The number of aliphatic hydroxyl groups is 1. The fourth-order valence-corrected chi connectivity index (χ4v) is 6.49. The highest BCUT2D eigenvalue weighted by atomic mass is 32.2. The number of carbonyl (C=O) groups excluding carboxylic acids is 3. The average molecular weight is 684 g/mol. The number of nitrogens with zero attached hydrogens (tertiary/aromatic N) is 4. The van der Waals surface area contributed by atoms with E-state index in [4.69, 9.17) is 10.5 Å². The lowest BCUT2D eigenvalue weighted by Gasteiger charge is -2.38. The number of anilines is 3. The smallest absolute Gasteiger partial charge is 0.261 e. The number of carbonyl (C=O) groups is 3. The topological polar surface area (TPSA) is 189 Å². The number of rotatable bonds is 14. The molecular formula is C33H45N7O7S. The van der Waals surface area contributed by atoms with Gasteiger partial charge in [0.05, 0.1) is 42.5 Å². The fourth-order valence-electron chi connectivity index (χ4n) is 5.35. The number of nitrogen functional groups attached to an aromatic ring is 1. The third kappa shape index (κ3) is 9.11. The molecule has 0 saturated carbocycles. The summed E-state index contributed by atoms with van der Waals surface area (Å²) in [5.41, 5.74) is 7.52. The van der Waals surface area contributed by atoms with Gasteiger partial charge in [-0.25, -0.2) is 13.4 Å². The van der Waals surface area contributed by atoms with Gasteiger partial charge in [-0.2, -0.15) is 4.31 Å². The number of sulfonamides is 1. The lowest BCUT2D eigenvalue weighted by Crippen LogP contribution is -2.50. The summed E-state index contributed by atoms with van der Waals surface area (Å²) in [4.78, 5) is 44.3. The lowest BCUT2D eigenvalue weighted by molar-refractivity contribution is -0.116. The minimum atomic E-state index is -3.91. The second-order valence-corrected chi connectivity index (χ2v) is 14.2. The zero-order chi connectivity index (χ0) is 35.0. The summed E-state index contributed by atoms with van der Waals surface area (Å²) in [7, 11) is -0.773. The predicted molar refractivity (Wildman–Crippen MR) is 182 cm³/mol. The van der Waals surface area contributed by atoms with Crippen molar-refractivity contribution in [2.45, 2.75) is 63.1 Å². The molecule has 0 saturated heterocycles. The van der Waals surface area contributed by atoms with Gasteiger partial charge in [0.15, 0.2) is 5.03 Å². The van der Waals surface area contributed by atoms with Crippen molar-refractivity contribution in [3.05, 3.63) is 60.6 Å². The predicted octanol–water partition coefficient (Wildman–Crippen LogP) is 3.07. The quantitative estimate of drug-likeness (QED) is 0.146. The molecule has 0 unspecified atom stereocenters. The zero-order valence-electron chi connectivity index (χ0n) is 27.8. The molecule has 0 spiro atoms. The van der Waals surface area contributed by atoms with Crippen molar-refractivity contribution in [2.24, 2.45) is 13.0 Å². The van der Waals surface area contributed by atoms with Crippen LogP contribution in [0.5, 0.6) is 5.75 Å². The number of likely N-dealkylation sites (N-methyl/N-ethyl adjacent to an activating group) is 1. The maximum absolute atomic E-state index is 13.7. The van der Waals surface area contributed by atoms with Gasteiger partial charge in [-0.05, 0) is 50.1 Å². The van der Waals surface area contributed by atoms with Crippen molar-refractivity contribution in [1.82, 2.24) is 18.8 Å². The summed E-state index contributed by atoms with van der Waals surface area (Å²) >= 11 is 0. The molecule has 15 heteroatoms. The fraction of sp³-hybridized carbons (Fsp3) is 0.455. The molecular weight excluding hydrogens is 638 g/mol. The van der Waals surface area contributed by atoms with E-state index in [2.05, 4.69) is 15.6 Å². The minimum Gasteiger partial charge on any atom is -0.488 e. The van der Waals surface area contributed by atoms with E-state index in [1.807, 2.05) is 6.92 Å². The van der Waals surface area contributed by atoms with Gasteiger partial charge in [0.1, 0.15) is 11.9 Å². The first-order chi connectivity index (χ1) is 22.8. The number of benzene rings is 2. The molecule has 4 rings (SSSR count). The van der Waals surface area contributed by atoms with Crippen molar-refractivity contribution in [1.29, 1.82) is 0 Å². The van der Waals surface area contributed by atoms with Gasteiger partial charge in [-0.3, -0.25) is 14.4 Å². The van der Waals surface area contributed by atoms with Crippen molar-refractivity contribution < 1.29 is 32.6 Å². The Bertz CT molecular complexity index is 1710. The molecule has 3 aromatic rings. The van der Waals surface area contributed by atoms with Crippen LogP contribution in [0.1, 0.15) is 56.3 Å². The van der Waals surface area contributed by atoms with Gasteiger partial charge in [-0.15, -0.1) is 0 Å². The first kappa shape index (κ1) is 36.4. The van der Waals surface area contributed by atoms with Crippen LogP contribution < -0.4 is 21.1 Å². The average Bonchev–Trinajstić information content (AvgIpc) is 3.50. The number of unbranched alkanes of at least 4 members (excludes halogenated alkanes) is 2. The zero-order valence-corrected chi connectivity index (χ0v) is 28.6. The molecule has 2 aromatic carbocycles. The number of fused-ring (bicyclic) bond motifs is 1. The van der Waals surface area contributed by atoms with Gasteiger partial charge in [0, 0.05) is 51.3 Å². The third-order valence-electron chi connectivity index (χ3n) is 8.28. The Balaban J connectivity index is 1.40. The van der Waals surface area contributed by atoms with E-state index in [9.17, 15) is 27.9 Å². The van der Waals surface area contributed by atoms with E-state index < -0.39 is 22.2 Å². The van der Waals surface area contributed by atoms with Crippen LogP contribution in [0.3, 0.4) is 0 Å². The number of aliphatic hydroxyl groups excluding tert-OH is 1. The highest BCUT2D eigenvalue weighted by Crippen LogP contribution is 2.31. The number of nitrogens with one attached hydrogen (secondary N) is 2. The lowest BCUT2D eigenvalue weighted by atomic mass is 9.99. The van der Waals surface area contributed by atoms with E-state index in [-0.39, 0.29) is 66.1 Å². The molecule has 0 radical (unpaired) electrons. The second kappa shape index (κ2) is 16.1. The van der Waals surface area contributed by atoms with E-state index in [1.165, 1.54) is 29.9 Å². The Labute approximate surface area is 281 Å². The Kier molecular flexibility index (Phi) is 12.2. The van der Waals surface area contributed by atoms with Crippen molar-refractivity contribution in [3.8, 4) is 5.75 Å². The van der Waals surface area contributed by atoms with Crippen LogP contribution in [0.4, 0.5) is 17.1 Å². The Hall–Kier alpha value is -4.47. The summed E-state index contributed by atoms with van der Waals surface area (Å²) in [5, 5.41) is 15.5. The van der Waals surface area contributed by atoms with E-state index in [0.29, 0.717) is 42.7 Å². The number of amides is 3. The van der Waals surface area contributed by atoms with Gasteiger partial charge in [0.2, 0.25) is 11.8 Å². The molecule has 3 atom stereocenters. The van der Waals surface area contributed by atoms with E-state index in [0.717, 1.165) is 0 Å². The first-order valence-electron chi connectivity index (χ1n) is 15.9. The molecule has 1 aliphatic heterocycles. The summed E-state index contributed by atoms with van der Waals surface area (Å²) in [6.45, 7) is 3.50. The highest BCUT2D eigenvalue weighted by Gasteiger charge is 2.35. The molecule has 0 aliphatic carbocycles. The molecule has 260 valence electrons.